The Morgan fingerprint density at radius 3 is 1.07 bits per heavy atom. The molecule has 0 saturated heterocycles. The summed E-state index contributed by atoms with van der Waals surface area (Å²) in [7, 11) is 0. The van der Waals surface area contributed by atoms with E-state index >= 15 is 0 Å². The molecular formula is C89H208O8. The summed E-state index contributed by atoms with van der Waals surface area (Å²) >= 11 is 0. The van der Waals surface area contributed by atoms with Crippen molar-refractivity contribution in [2.45, 2.75) is 477 Å². The predicted octanol–water partition coefficient (Wildman–Crippen LogP) is 31.1. The lowest BCUT2D eigenvalue weighted by atomic mass is 9.33. The molecule has 8 nitrogen and oxygen atoms in total. The maximum absolute atomic E-state index is 12.9. The highest BCUT2D eigenvalue weighted by molar-refractivity contribution is 5.88. The summed E-state index contributed by atoms with van der Waals surface area (Å²) in [6.07, 6.45) is 8.32. The normalized spacial score (nSPS) is 24.9. The van der Waals surface area contributed by atoms with E-state index in [-0.39, 0.29) is 41.2 Å². The highest BCUT2D eigenvalue weighted by atomic mass is 16.6. The molecule has 0 amide bonds. The number of carbonyl (C=O) groups is 2. The Morgan fingerprint density at radius 1 is 0.464 bits per heavy atom. The first-order valence-electron chi connectivity index (χ1n) is 42.7. The minimum Gasteiger partial charge on any atom is -0.462 e. The quantitative estimate of drug-likeness (QED) is 0.117. The van der Waals surface area contributed by atoms with Crippen molar-refractivity contribution in [3.63, 3.8) is 0 Å². The van der Waals surface area contributed by atoms with E-state index in [1.54, 1.807) is 32.9 Å². The molecule has 3 unspecified atom stereocenters. The first-order chi connectivity index (χ1) is 46.7. The third kappa shape index (κ3) is 49.3. The van der Waals surface area contributed by atoms with Gasteiger partial charge in [0.1, 0.15) is 12.2 Å². The van der Waals surface area contributed by atoms with Crippen molar-refractivity contribution in [2.24, 2.45) is 50.2 Å². The summed E-state index contributed by atoms with van der Waals surface area (Å²) in [6.45, 7) is 116. The fourth-order valence-corrected chi connectivity index (χ4v) is 11.9. The van der Waals surface area contributed by atoms with E-state index < -0.39 is 58.7 Å². The molecule has 4 saturated carbocycles. The highest BCUT2D eigenvalue weighted by Gasteiger charge is 2.73. The standard InChI is InChI=1S/C40H62O8.C3H8.23C2H6/c1-11-23(3)33(45)47-22-37(8)27-15-18-38(9)28(36(27,7)17-16-29(37)42)14-13-25-26-19-35(5,6)32(48-34(46)24(4)12-2)31(44)40(26,21-41)30(43)20-39(25,38)10;1-3-2;23*1-2/h11-13,26-32,41-44H,14-22H2,1-10H3;3H2,1-2H3;23*1-2H3/b23-11-,24-12-;;;;;;;;;;;;;;;;;;;;;;;;/t26?,27?,28?,29-,30+,31-,32-,36-,37+,38+,39+,40-;;;;;;;;;;;;;;;;;;;;;;;;/m0......................../s1. The lowest BCUT2D eigenvalue weighted by Gasteiger charge is -2.72. The van der Waals surface area contributed by atoms with Crippen LogP contribution >= 0.6 is 0 Å². The molecule has 5 rings (SSSR count). The molecule has 0 bridgehead atoms. The molecule has 0 radical (unpaired) electrons. The summed E-state index contributed by atoms with van der Waals surface area (Å²) < 4.78 is 11.8. The van der Waals surface area contributed by atoms with Gasteiger partial charge in [-0.15, -0.1) is 0 Å². The number of carbonyl (C=O) groups excluding carboxylic acids is 2. The zero-order chi connectivity index (χ0) is 84.5. The first-order valence-corrected chi connectivity index (χ1v) is 42.7. The number of rotatable bonds is 6. The van der Waals surface area contributed by atoms with Gasteiger partial charge in [-0.2, -0.15) is 0 Å². The SMILES string of the molecule is C/C=C(/C)C(=O)OC[C@]1(C)C2CC[C@]3(C)C(CC=C4C5CC(C)(C)[C@@H](OC(=O)/C(C)=C\C)[C@H](O)[C@]5(CO)[C@H](O)C[C@]43C)[C@@]2(C)CC[C@@H]1O.CC.CC.CC.CC.CC.CC.CC.CC.CC.CC.CC.CC.CC.CC.CC.CC.CC.CC.CC.CC.CC.CC.CC.CCC. The van der Waals surface area contributed by atoms with Gasteiger partial charge in [0.05, 0.1) is 30.8 Å². The molecule has 0 aromatic carbocycles. The molecule has 12 atom stereocenters. The second-order valence-corrected chi connectivity index (χ2v) is 18.6. The molecule has 0 spiro atoms. The largest absolute Gasteiger partial charge is 0.462 e. The summed E-state index contributed by atoms with van der Waals surface area (Å²) in [4.78, 5) is 25.6. The van der Waals surface area contributed by atoms with Crippen molar-refractivity contribution in [2.75, 3.05) is 13.2 Å². The Labute approximate surface area is 624 Å². The zero-order valence-electron chi connectivity index (χ0n) is 79.8. The number of aliphatic hydroxyl groups is 4. The lowest BCUT2D eigenvalue weighted by Crippen LogP contribution is -2.72. The summed E-state index contributed by atoms with van der Waals surface area (Å²) in [5.41, 5.74) is -0.994. The van der Waals surface area contributed by atoms with Crippen molar-refractivity contribution in [3.8, 4) is 0 Å². The van der Waals surface area contributed by atoms with Gasteiger partial charge in [-0.05, 0) is 107 Å². The minimum atomic E-state index is -1.26. The van der Waals surface area contributed by atoms with Crippen LogP contribution < -0.4 is 0 Å². The van der Waals surface area contributed by atoms with E-state index in [4.69, 9.17) is 9.47 Å². The van der Waals surface area contributed by atoms with Gasteiger partial charge < -0.3 is 29.9 Å². The van der Waals surface area contributed by atoms with Gasteiger partial charge in [0.2, 0.25) is 0 Å². The number of hydrogen-bond donors (Lipinski definition) is 4. The van der Waals surface area contributed by atoms with Crippen LogP contribution in [0.5, 0.6) is 0 Å². The summed E-state index contributed by atoms with van der Waals surface area (Å²) in [5, 5.41) is 46.9. The van der Waals surface area contributed by atoms with Crippen molar-refractivity contribution in [1.29, 1.82) is 0 Å². The van der Waals surface area contributed by atoms with Crippen molar-refractivity contribution in [3.05, 3.63) is 34.9 Å². The zero-order valence-corrected chi connectivity index (χ0v) is 79.8. The summed E-state index contributed by atoms with van der Waals surface area (Å²) in [6, 6.07) is 0. The molecule has 4 fully saturated rings. The third-order valence-electron chi connectivity index (χ3n) is 15.4. The number of allylic oxidation sites excluding steroid dienone is 4. The van der Waals surface area contributed by atoms with E-state index in [0.29, 0.717) is 30.4 Å². The van der Waals surface area contributed by atoms with E-state index in [1.807, 2.05) is 339 Å². The third-order valence-corrected chi connectivity index (χ3v) is 15.4. The minimum absolute atomic E-state index is 0.139. The number of fused-ring (bicyclic) bond motifs is 7. The van der Waals surface area contributed by atoms with E-state index in [0.717, 1.165) is 25.7 Å². The smallest absolute Gasteiger partial charge is 0.333 e. The average Bonchev–Trinajstić information content (AvgIpc) is 0.674. The molecule has 97 heavy (non-hydrogen) atoms. The van der Waals surface area contributed by atoms with Crippen LogP contribution in [0.2, 0.25) is 0 Å². The van der Waals surface area contributed by atoms with Crippen molar-refractivity contribution < 1.29 is 39.5 Å². The number of aliphatic hydroxyl groups excluding tert-OH is 4. The van der Waals surface area contributed by atoms with Gasteiger partial charge in [0, 0.05) is 22.0 Å². The van der Waals surface area contributed by atoms with Gasteiger partial charge in [-0.3, -0.25) is 0 Å². The van der Waals surface area contributed by atoms with E-state index in [1.165, 1.54) is 12.0 Å². The van der Waals surface area contributed by atoms with Crippen LogP contribution in [-0.4, -0.2) is 70.0 Å². The second kappa shape index (κ2) is 113. The van der Waals surface area contributed by atoms with Crippen LogP contribution in [0.15, 0.2) is 34.9 Å². The van der Waals surface area contributed by atoms with Gasteiger partial charge in [-0.25, -0.2) is 9.59 Å². The van der Waals surface area contributed by atoms with Crippen LogP contribution in [0, 0.1) is 50.2 Å². The lowest BCUT2D eigenvalue weighted by molar-refractivity contribution is -0.262. The van der Waals surface area contributed by atoms with Gasteiger partial charge in [0.15, 0.2) is 0 Å². The maximum atomic E-state index is 12.9. The van der Waals surface area contributed by atoms with Crippen LogP contribution in [0.1, 0.15) is 453 Å². The van der Waals surface area contributed by atoms with Gasteiger partial charge in [0.25, 0.3) is 0 Å². The molecular weight excluding hydrogens is 1200 g/mol. The molecule has 0 heterocycles. The predicted molar refractivity (Wildman–Crippen MR) is 461 cm³/mol. The molecule has 5 aliphatic rings. The molecule has 4 N–H and O–H groups in total. The number of hydrogen-bond acceptors (Lipinski definition) is 8. The van der Waals surface area contributed by atoms with Crippen LogP contribution in [0.3, 0.4) is 0 Å². The van der Waals surface area contributed by atoms with Crippen molar-refractivity contribution >= 4 is 11.9 Å². The van der Waals surface area contributed by atoms with Gasteiger partial charge in [-0.1, -0.05) is 404 Å². The average molecular weight is 1410 g/mol. The Morgan fingerprint density at radius 2 is 0.773 bits per heavy atom. The fourth-order valence-electron chi connectivity index (χ4n) is 11.9. The van der Waals surface area contributed by atoms with Crippen LogP contribution in [0.25, 0.3) is 0 Å². The molecule has 0 aliphatic heterocycles. The molecule has 0 aromatic rings. The number of esters is 2. The van der Waals surface area contributed by atoms with Crippen LogP contribution in [-0.2, 0) is 19.1 Å². The van der Waals surface area contributed by atoms with Gasteiger partial charge >= 0.3 is 11.9 Å². The molecule has 8 heteroatoms. The topological polar surface area (TPSA) is 134 Å². The second-order valence-electron chi connectivity index (χ2n) is 18.6. The maximum Gasteiger partial charge on any atom is 0.333 e. The highest BCUT2D eigenvalue weighted by Crippen LogP contribution is 2.76. The Balaban J connectivity index is -0.0000000567. The molecule has 0 aromatic heterocycles. The Bertz CT molecular complexity index is 1420. The molecule has 5 aliphatic carbocycles. The fraction of sp³-hybridized carbons (Fsp3) is 0.910. The summed E-state index contributed by atoms with van der Waals surface area (Å²) in [5.74, 6) is -0.738. The first kappa shape index (κ1) is 149. The van der Waals surface area contributed by atoms with E-state index in [9.17, 15) is 30.0 Å². The van der Waals surface area contributed by atoms with E-state index in [2.05, 4.69) is 47.6 Å². The molecule has 612 valence electrons. The van der Waals surface area contributed by atoms with Crippen LogP contribution in [0.4, 0.5) is 0 Å². The Hall–Kier alpha value is -2.00. The van der Waals surface area contributed by atoms with Crippen molar-refractivity contribution in [1.82, 2.24) is 0 Å². The monoisotopic (exact) mass is 1410 g/mol. The number of ether oxygens (including phenoxy) is 2. The Kier molecular flexibility index (Phi) is 173.